The van der Waals surface area contributed by atoms with Gasteiger partial charge in [-0.1, -0.05) is 24.3 Å². The van der Waals surface area contributed by atoms with Gasteiger partial charge in [-0.3, -0.25) is 4.98 Å². The molecule has 3 aromatic rings. The van der Waals surface area contributed by atoms with E-state index in [2.05, 4.69) is 20.5 Å². The summed E-state index contributed by atoms with van der Waals surface area (Å²) in [6, 6.07) is 9.57. The number of hydrogen-bond acceptors (Lipinski definition) is 5. The van der Waals surface area contributed by atoms with Crippen LogP contribution in [0.15, 0.2) is 36.5 Å². The number of carbonyl (C=O) groups is 1. The van der Waals surface area contributed by atoms with Crippen LogP contribution in [0.25, 0.3) is 22.3 Å². The smallest absolute Gasteiger partial charge is 0.331 e. The molecule has 0 bridgehead atoms. The average molecular weight is 283 g/mol. The van der Waals surface area contributed by atoms with Crippen molar-refractivity contribution in [2.24, 2.45) is 0 Å². The first-order chi connectivity index (χ1) is 10.0. The van der Waals surface area contributed by atoms with E-state index in [0.29, 0.717) is 11.5 Å². The molecule has 1 aromatic carbocycles. The lowest BCUT2D eigenvalue weighted by atomic mass is 10.1. The molecule has 0 saturated heterocycles. The Morgan fingerprint density at radius 2 is 2.00 bits per heavy atom. The zero-order valence-corrected chi connectivity index (χ0v) is 11.6. The molecule has 0 spiro atoms. The first-order valence-corrected chi connectivity index (χ1v) is 6.38. The van der Waals surface area contributed by atoms with Crippen molar-refractivity contribution in [1.29, 1.82) is 0 Å². The molecule has 2 heterocycles. The molecule has 0 radical (unpaired) electrons. The number of carboxylic acids is 1. The van der Waals surface area contributed by atoms with Crippen LogP contribution in [0, 0.1) is 0 Å². The van der Waals surface area contributed by atoms with Crippen LogP contribution in [0.2, 0.25) is 0 Å². The van der Waals surface area contributed by atoms with Gasteiger partial charge < -0.3 is 5.11 Å². The summed E-state index contributed by atoms with van der Waals surface area (Å²) in [5.41, 5.74) is -0.704. The summed E-state index contributed by atoms with van der Waals surface area (Å²) in [6.07, 6.45) is 1.66. The topological polar surface area (TPSA) is 93.8 Å². The second kappa shape index (κ2) is 4.62. The molecule has 0 aliphatic carbocycles. The van der Waals surface area contributed by atoms with Gasteiger partial charge >= 0.3 is 5.97 Å². The van der Waals surface area contributed by atoms with Crippen molar-refractivity contribution in [3.05, 3.63) is 36.5 Å². The van der Waals surface area contributed by atoms with Gasteiger partial charge in [0, 0.05) is 11.6 Å². The van der Waals surface area contributed by atoms with Crippen molar-refractivity contribution in [3.8, 4) is 11.5 Å². The second-order valence-electron chi connectivity index (χ2n) is 5.16. The van der Waals surface area contributed by atoms with Crippen molar-refractivity contribution in [2.45, 2.75) is 19.4 Å². The molecule has 1 N–H and O–H groups in total. The van der Waals surface area contributed by atoms with Gasteiger partial charge in [0.1, 0.15) is 5.69 Å². The van der Waals surface area contributed by atoms with E-state index in [1.165, 1.54) is 4.68 Å². The van der Waals surface area contributed by atoms with Crippen LogP contribution in [0.5, 0.6) is 0 Å². The standard InChI is InChI=1S/C14H13N5O2/c1-14(2,13(20)21)19-12(16-17-18-19)11-10-6-4-3-5-9(10)7-8-15-11/h3-8H,1-2H3,(H,20,21). The average Bonchev–Trinajstić information content (AvgIpc) is 2.96. The molecule has 7 nitrogen and oxygen atoms in total. The van der Waals surface area contributed by atoms with E-state index in [0.717, 1.165) is 10.8 Å². The maximum Gasteiger partial charge on any atom is 0.331 e. The van der Waals surface area contributed by atoms with E-state index in [-0.39, 0.29) is 0 Å². The van der Waals surface area contributed by atoms with Gasteiger partial charge in [-0.2, -0.15) is 0 Å². The van der Waals surface area contributed by atoms with Crippen LogP contribution in [-0.2, 0) is 10.3 Å². The zero-order chi connectivity index (χ0) is 15.0. The molecule has 0 unspecified atom stereocenters. The van der Waals surface area contributed by atoms with Crippen molar-refractivity contribution in [2.75, 3.05) is 0 Å². The summed E-state index contributed by atoms with van der Waals surface area (Å²) >= 11 is 0. The number of nitrogens with zero attached hydrogens (tertiary/aromatic N) is 5. The third kappa shape index (κ3) is 2.03. The SMILES string of the molecule is CC(C)(C(=O)O)n1nnnc1-c1nccc2ccccc12. The molecule has 21 heavy (non-hydrogen) atoms. The number of fused-ring (bicyclic) bond motifs is 1. The highest BCUT2D eigenvalue weighted by Gasteiger charge is 2.34. The number of rotatable bonds is 3. The Morgan fingerprint density at radius 1 is 1.24 bits per heavy atom. The molecule has 0 aliphatic heterocycles. The number of tetrazole rings is 1. The molecular formula is C14H13N5O2. The van der Waals surface area contributed by atoms with Crippen LogP contribution in [-0.4, -0.2) is 36.3 Å². The predicted octanol–water partition coefficient (Wildman–Crippen LogP) is 1.71. The Labute approximate surface area is 120 Å². The maximum absolute atomic E-state index is 11.4. The van der Waals surface area contributed by atoms with Crippen molar-refractivity contribution in [3.63, 3.8) is 0 Å². The van der Waals surface area contributed by atoms with Crippen LogP contribution in [0.1, 0.15) is 13.8 Å². The highest BCUT2D eigenvalue weighted by molar-refractivity contribution is 5.93. The normalized spacial score (nSPS) is 11.7. The zero-order valence-electron chi connectivity index (χ0n) is 11.6. The first-order valence-electron chi connectivity index (χ1n) is 6.38. The van der Waals surface area contributed by atoms with E-state index in [9.17, 15) is 9.90 Å². The molecule has 106 valence electrons. The molecule has 2 aromatic heterocycles. The fraction of sp³-hybridized carbons (Fsp3) is 0.214. The minimum Gasteiger partial charge on any atom is -0.479 e. The summed E-state index contributed by atoms with van der Waals surface area (Å²) in [6.45, 7) is 3.08. The molecule has 3 rings (SSSR count). The Morgan fingerprint density at radius 3 is 2.76 bits per heavy atom. The summed E-state index contributed by atoms with van der Waals surface area (Å²) in [7, 11) is 0. The minimum absolute atomic E-state index is 0.333. The van der Waals surface area contributed by atoms with Gasteiger partial charge in [0.05, 0.1) is 0 Å². The molecule has 7 heteroatoms. The van der Waals surface area contributed by atoms with E-state index < -0.39 is 11.5 Å². The summed E-state index contributed by atoms with van der Waals surface area (Å²) in [4.78, 5) is 15.8. The molecule has 0 fully saturated rings. The van der Waals surface area contributed by atoms with E-state index in [1.54, 1.807) is 20.0 Å². The molecule has 0 saturated carbocycles. The summed E-state index contributed by atoms with van der Waals surface area (Å²) < 4.78 is 1.28. The molecule has 0 amide bonds. The lowest BCUT2D eigenvalue weighted by Gasteiger charge is -2.20. The van der Waals surface area contributed by atoms with Crippen molar-refractivity contribution >= 4 is 16.7 Å². The number of carboxylic acid groups (broad SMARTS) is 1. The fourth-order valence-corrected chi connectivity index (χ4v) is 2.10. The number of aromatic nitrogens is 5. The van der Waals surface area contributed by atoms with Gasteiger partial charge in [-0.05, 0) is 35.7 Å². The minimum atomic E-state index is -1.27. The van der Waals surface area contributed by atoms with Gasteiger partial charge in [-0.25, -0.2) is 9.48 Å². The number of aliphatic carboxylic acids is 1. The van der Waals surface area contributed by atoms with Gasteiger partial charge in [0.25, 0.3) is 0 Å². The fourth-order valence-electron chi connectivity index (χ4n) is 2.10. The monoisotopic (exact) mass is 283 g/mol. The largest absolute Gasteiger partial charge is 0.479 e. The van der Waals surface area contributed by atoms with E-state index >= 15 is 0 Å². The van der Waals surface area contributed by atoms with Crippen molar-refractivity contribution < 1.29 is 9.90 Å². The summed E-state index contributed by atoms with van der Waals surface area (Å²) in [5, 5.41) is 22.6. The van der Waals surface area contributed by atoms with E-state index in [4.69, 9.17) is 0 Å². The lowest BCUT2D eigenvalue weighted by Crippen LogP contribution is -2.37. The van der Waals surface area contributed by atoms with Crippen LogP contribution < -0.4 is 0 Å². The predicted molar refractivity (Wildman–Crippen MR) is 75.5 cm³/mol. The van der Waals surface area contributed by atoms with Gasteiger partial charge in [0.2, 0.25) is 5.82 Å². The maximum atomic E-state index is 11.4. The van der Waals surface area contributed by atoms with E-state index in [1.807, 2.05) is 30.3 Å². The molecular weight excluding hydrogens is 270 g/mol. The quantitative estimate of drug-likeness (QED) is 0.786. The Hall–Kier alpha value is -2.83. The first kappa shape index (κ1) is 13.2. The van der Waals surface area contributed by atoms with Crippen molar-refractivity contribution in [1.82, 2.24) is 25.2 Å². The Kier molecular flexibility index (Phi) is 2.90. The van der Waals surface area contributed by atoms with Crippen LogP contribution in [0.4, 0.5) is 0 Å². The second-order valence-corrected chi connectivity index (χ2v) is 5.16. The molecule has 0 atom stereocenters. The number of hydrogen-bond donors (Lipinski definition) is 1. The number of benzene rings is 1. The van der Waals surface area contributed by atoms with Gasteiger partial charge in [0.15, 0.2) is 5.54 Å². The Balaban J connectivity index is 2.26. The third-order valence-electron chi connectivity index (χ3n) is 3.41. The summed E-state index contributed by atoms with van der Waals surface area (Å²) in [5.74, 6) is -0.685. The lowest BCUT2D eigenvalue weighted by molar-refractivity contribution is -0.146. The van der Waals surface area contributed by atoms with Crippen LogP contribution >= 0.6 is 0 Å². The number of pyridine rings is 1. The van der Waals surface area contributed by atoms with Crippen LogP contribution in [0.3, 0.4) is 0 Å². The third-order valence-corrected chi connectivity index (χ3v) is 3.41. The molecule has 0 aliphatic rings. The highest BCUT2D eigenvalue weighted by atomic mass is 16.4. The highest BCUT2D eigenvalue weighted by Crippen LogP contribution is 2.27. The van der Waals surface area contributed by atoms with Gasteiger partial charge in [-0.15, -0.1) is 5.10 Å². The Bertz CT molecular complexity index is 820.